The number of aromatic nitrogens is 5. The first-order valence-electron chi connectivity index (χ1n) is 10.8. The Morgan fingerprint density at radius 2 is 2.18 bits per heavy atom. The number of imidazole rings is 1. The summed E-state index contributed by atoms with van der Waals surface area (Å²) in [5, 5.41) is 17.0. The SMILES string of the molecule is Cn1nccc1-c1ccc(Cn2cc(C(=O)N[C@H]3CCOC[C@@H]3O)c3nccn3c2=O)c(F)c1. The van der Waals surface area contributed by atoms with Gasteiger partial charge in [0.2, 0.25) is 0 Å². The van der Waals surface area contributed by atoms with E-state index in [1.807, 2.05) is 0 Å². The van der Waals surface area contributed by atoms with E-state index >= 15 is 0 Å². The maximum absolute atomic E-state index is 15.0. The predicted octanol–water partition coefficient (Wildman–Crippen LogP) is 0.963. The molecule has 1 fully saturated rings. The van der Waals surface area contributed by atoms with Crippen molar-refractivity contribution in [1.29, 1.82) is 0 Å². The van der Waals surface area contributed by atoms with Gasteiger partial charge in [-0.2, -0.15) is 5.10 Å². The number of hydrogen-bond donors (Lipinski definition) is 2. The van der Waals surface area contributed by atoms with Gasteiger partial charge in [-0.3, -0.25) is 18.4 Å². The molecule has 1 aromatic carbocycles. The summed E-state index contributed by atoms with van der Waals surface area (Å²) in [5.74, 6) is -0.962. The molecule has 176 valence electrons. The molecule has 1 amide bonds. The standard InChI is InChI=1S/C23H23FN6O4/c1-28-19(4-6-26-28)14-2-3-15(17(24)10-14)11-29-12-16(21-25-7-8-30(21)23(29)33)22(32)27-18-5-9-34-13-20(18)31/h2-4,6-8,10,12,18,20,31H,5,9,11,13H2,1H3,(H,27,32)/t18-,20-/m0/s1. The van der Waals surface area contributed by atoms with Crippen LogP contribution in [0.3, 0.4) is 0 Å². The minimum atomic E-state index is -0.827. The summed E-state index contributed by atoms with van der Waals surface area (Å²) in [6.45, 7) is 0.482. The van der Waals surface area contributed by atoms with Crippen molar-refractivity contribution >= 4 is 11.6 Å². The summed E-state index contributed by atoms with van der Waals surface area (Å²) in [6.07, 6.45) is 5.52. The second-order valence-corrected chi connectivity index (χ2v) is 8.23. The number of carbonyl (C=O) groups is 1. The van der Waals surface area contributed by atoms with E-state index in [2.05, 4.69) is 15.4 Å². The van der Waals surface area contributed by atoms with Crippen LogP contribution in [0, 0.1) is 5.82 Å². The van der Waals surface area contributed by atoms with Crippen molar-refractivity contribution in [2.45, 2.75) is 25.1 Å². The number of ether oxygens (including phenoxy) is 1. The van der Waals surface area contributed by atoms with Crippen molar-refractivity contribution in [2.75, 3.05) is 13.2 Å². The predicted molar refractivity (Wildman–Crippen MR) is 120 cm³/mol. The van der Waals surface area contributed by atoms with Gasteiger partial charge < -0.3 is 15.2 Å². The van der Waals surface area contributed by atoms with E-state index in [-0.39, 0.29) is 24.4 Å². The molecule has 34 heavy (non-hydrogen) atoms. The lowest BCUT2D eigenvalue weighted by molar-refractivity contribution is -0.0260. The third-order valence-electron chi connectivity index (χ3n) is 6.02. The van der Waals surface area contributed by atoms with E-state index in [1.54, 1.807) is 36.1 Å². The van der Waals surface area contributed by atoms with Crippen LogP contribution in [0.1, 0.15) is 22.3 Å². The molecule has 4 aromatic rings. The topological polar surface area (TPSA) is 116 Å². The van der Waals surface area contributed by atoms with Crippen molar-refractivity contribution in [3.8, 4) is 11.3 Å². The quantitative estimate of drug-likeness (QED) is 0.453. The molecule has 1 aliphatic rings. The van der Waals surface area contributed by atoms with Gasteiger partial charge in [0.05, 0.1) is 36.6 Å². The highest BCUT2D eigenvalue weighted by atomic mass is 19.1. The zero-order valence-corrected chi connectivity index (χ0v) is 18.4. The monoisotopic (exact) mass is 466 g/mol. The molecule has 0 aliphatic carbocycles. The highest BCUT2D eigenvalue weighted by Crippen LogP contribution is 2.22. The van der Waals surface area contributed by atoms with Crippen LogP contribution in [0.5, 0.6) is 0 Å². The summed E-state index contributed by atoms with van der Waals surface area (Å²) in [4.78, 5) is 30.2. The molecule has 2 N–H and O–H groups in total. The zero-order chi connectivity index (χ0) is 23.8. The average molecular weight is 466 g/mol. The Kier molecular flexibility index (Phi) is 5.72. The van der Waals surface area contributed by atoms with Gasteiger partial charge >= 0.3 is 5.69 Å². The third-order valence-corrected chi connectivity index (χ3v) is 6.02. The van der Waals surface area contributed by atoms with Crippen LogP contribution in [0.4, 0.5) is 4.39 Å². The number of fused-ring (bicyclic) bond motifs is 1. The normalized spacial score (nSPS) is 18.3. The highest BCUT2D eigenvalue weighted by Gasteiger charge is 2.27. The van der Waals surface area contributed by atoms with Gasteiger partial charge in [0.1, 0.15) is 5.82 Å². The molecule has 11 heteroatoms. The van der Waals surface area contributed by atoms with Gasteiger partial charge in [-0.15, -0.1) is 0 Å². The Bertz CT molecular complexity index is 1420. The molecule has 10 nitrogen and oxygen atoms in total. The average Bonchev–Trinajstić information content (AvgIpc) is 3.48. The highest BCUT2D eigenvalue weighted by molar-refractivity contribution is 5.99. The molecule has 4 heterocycles. The number of aliphatic hydroxyl groups is 1. The minimum Gasteiger partial charge on any atom is -0.389 e. The molecule has 0 spiro atoms. The number of halogens is 1. The van der Waals surface area contributed by atoms with Crippen LogP contribution in [-0.2, 0) is 18.3 Å². The third kappa shape index (κ3) is 3.99. The van der Waals surface area contributed by atoms with Gasteiger partial charge in [0.15, 0.2) is 5.65 Å². The molecule has 3 aromatic heterocycles. The Hall–Kier alpha value is -3.83. The van der Waals surface area contributed by atoms with E-state index in [0.29, 0.717) is 24.2 Å². The van der Waals surface area contributed by atoms with E-state index in [0.717, 1.165) is 5.69 Å². The van der Waals surface area contributed by atoms with Crippen LogP contribution in [0.15, 0.2) is 53.8 Å². The van der Waals surface area contributed by atoms with Crippen LogP contribution < -0.4 is 11.0 Å². The first kappa shape index (κ1) is 22.0. The fraction of sp³-hybridized carbons (Fsp3) is 0.304. The van der Waals surface area contributed by atoms with Crippen LogP contribution in [-0.4, -0.2) is 60.1 Å². The van der Waals surface area contributed by atoms with E-state index in [4.69, 9.17) is 4.74 Å². The Balaban J connectivity index is 1.47. The lowest BCUT2D eigenvalue weighted by Crippen LogP contribution is -2.49. The first-order valence-corrected chi connectivity index (χ1v) is 10.8. The Labute approximate surface area is 193 Å². The minimum absolute atomic E-state index is 0.0787. The number of rotatable bonds is 5. The van der Waals surface area contributed by atoms with Crippen LogP contribution in [0.25, 0.3) is 16.9 Å². The molecule has 0 radical (unpaired) electrons. The fourth-order valence-corrected chi connectivity index (χ4v) is 4.15. The number of nitrogens with zero attached hydrogens (tertiary/aromatic N) is 5. The van der Waals surface area contributed by atoms with Crippen LogP contribution in [0.2, 0.25) is 0 Å². The zero-order valence-electron chi connectivity index (χ0n) is 18.4. The van der Waals surface area contributed by atoms with Crippen molar-refractivity contribution in [2.24, 2.45) is 7.05 Å². The summed E-state index contributed by atoms with van der Waals surface area (Å²) in [7, 11) is 1.77. The van der Waals surface area contributed by atoms with Crippen molar-refractivity contribution in [3.63, 3.8) is 0 Å². The molecule has 2 atom stereocenters. The number of amides is 1. The molecule has 0 bridgehead atoms. The van der Waals surface area contributed by atoms with Crippen molar-refractivity contribution in [1.82, 2.24) is 29.0 Å². The molecule has 0 saturated carbocycles. The summed E-state index contributed by atoms with van der Waals surface area (Å²) in [5.41, 5.74) is 1.59. The Morgan fingerprint density at radius 1 is 1.32 bits per heavy atom. The van der Waals surface area contributed by atoms with Crippen molar-refractivity contribution in [3.05, 3.63) is 76.5 Å². The maximum atomic E-state index is 15.0. The summed E-state index contributed by atoms with van der Waals surface area (Å²) in [6, 6.07) is 6.07. The molecule has 1 aliphatic heterocycles. The molecule has 0 unspecified atom stereocenters. The van der Waals surface area contributed by atoms with Crippen molar-refractivity contribution < 1.29 is 19.0 Å². The number of nitrogens with one attached hydrogen (secondary N) is 1. The molecule has 1 saturated heterocycles. The van der Waals surface area contributed by atoms with Gasteiger partial charge in [-0.25, -0.2) is 14.2 Å². The molecule has 5 rings (SSSR count). The Morgan fingerprint density at radius 3 is 2.91 bits per heavy atom. The summed E-state index contributed by atoms with van der Waals surface area (Å²) >= 11 is 0. The lowest BCUT2D eigenvalue weighted by atomic mass is 10.1. The number of aryl methyl sites for hydroxylation is 1. The van der Waals surface area contributed by atoms with Gasteiger partial charge in [-0.1, -0.05) is 12.1 Å². The molecular weight excluding hydrogens is 443 g/mol. The maximum Gasteiger partial charge on any atom is 0.334 e. The summed E-state index contributed by atoms with van der Waals surface area (Å²) < 4.78 is 24.3. The molecular formula is C23H23FN6O4. The smallest absolute Gasteiger partial charge is 0.334 e. The van der Waals surface area contributed by atoms with Crippen LogP contribution >= 0.6 is 0 Å². The van der Waals surface area contributed by atoms with Gasteiger partial charge in [-0.05, 0) is 18.6 Å². The number of carbonyl (C=O) groups excluding carboxylic acids is 1. The lowest BCUT2D eigenvalue weighted by Gasteiger charge is -2.28. The van der Waals surface area contributed by atoms with Gasteiger partial charge in [0.25, 0.3) is 5.91 Å². The largest absolute Gasteiger partial charge is 0.389 e. The second-order valence-electron chi connectivity index (χ2n) is 8.23. The number of benzene rings is 1. The van der Waals surface area contributed by atoms with E-state index in [1.165, 1.54) is 33.6 Å². The van der Waals surface area contributed by atoms with E-state index in [9.17, 15) is 19.1 Å². The second kappa shape index (κ2) is 8.84. The number of aliphatic hydroxyl groups excluding tert-OH is 1. The van der Waals surface area contributed by atoms with Gasteiger partial charge in [0, 0.05) is 49.6 Å². The van der Waals surface area contributed by atoms with E-state index < -0.39 is 29.6 Å². The first-order chi connectivity index (χ1) is 16.4. The number of hydrogen-bond acceptors (Lipinski definition) is 6. The fourth-order valence-electron chi connectivity index (χ4n) is 4.15.